The highest BCUT2D eigenvalue weighted by atomic mass is 35.5. The van der Waals surface area contributed by atoms with Crippen molar-refractivity contribution in [3.05, 3.63) is 46.8 Å². The Labute approximate surface area is 153 Å². The summed E-state index contributed by atoms with van der Waals surface area (Å²) in [5, 5.41) is 11.1. The van der Waals surface area contributed by atoms with Crippen LogP contribution in [0.25, 0.3) is 0 Å². The number of aliphatic imine (C=N–C) groups is 1. The van der Waals surface area contributed by atoms with E-state index in [1.54, 1.807) is 13.1 Å². The number of hydrogen-bond acceptors (Lipinski definition) is 4. The molecule has 0 fully saturated rings. The molecule has 25 heavy (non-hydrogen) atoms. The highest BCUT2D eigenvalue weighted by Gasteiger charge is 2.10. The molecule has 0 aliphatic heterocycles. The van der Waals surface area contributed by atoms with E-state index in [2.05, 4.69) is 34.6 Å². The first-order chi connectivity index (χ1) is 12.0. The second kappa shape index (κ2) is 9.32. The van der Waals surface area contributed by atoms with Crippen molar-refractivity contribution in [3.63, 3.8) is 0 Å². The highest BCUT2D eigenvalue weighted by molar-refractivity contribution is 6.32. The van der Waals surface area contributed by atoms with Crippen molar-refractivity contribution in [2.45, 2.75) is 39.3 Å². The van der Waals surface area contributed by atoms with Crippen molar-refractivity contribution in [1.82, 2.24) is 15.8 Å². The number of aromatic nitrogens is 1. The van der Waals surface area contributed by atoms with Crippen LogP contribution in [0.2, 0.25) is 5.02 Å². The maximum absolute atomic E-state index is 6.10. The first-order valence-electron chi connectivity index (χ1n) is 8.30. The van der Waals surface area contributed by atoms with Gasteiger partial charge in [0.15, 0.2) is 11.7 Å². The second-order valence-corrected chi connectivity index (χ2v) is 6.45. The summed E-state index contributed by atoms with van der Waals surface area (Å²) in [5.41, 5.74) is 0.946. The summed E-state index contributed by atoms with van der Waals surface area (Å²) in [6, 6.07) is 9.37. The highest BCUT2D eigenvalue weighted by Crippen LogP contribution is 2.24. The largest absolute Gasteiger partial charge is 0.487 e. The number of guanidine groups is 1. The van der Waals surface area contributed by atoms with Crippen molar-refractivity contribution in [2.75, 3.05) is 13.6 Å². The van der Waals surface area contributed by atoms with Gasteiger partial charge in [0.05, 0.1) is 23.8 Å². The molecule has 2 aromatic rings. The zero-order chi connectivity index (χ0) is 18.2. The van der Waals surface area contributed by atoms with Crippen molar-refractivity contribution in [3.8, 4) is 5.75 Å². The molecule has 1 aromatic heterocycles. The Morgan fingerprint density at radius 2 is 2.04 bits per heavy atom. The predicted molar refractivity (Wildman–Crippen MR) is 100 cm³/mol. The Morgan fingerprint density at radius 1 is 1.28 bits per heavy atom. The van der Waals surface area contributed by atoms with Crippen LogP contribution in [0.4, 0.5) is 0 Å². The van der Waals surface area contributed by atoms with Gasteiger partial charge in [-0.25, -0.2) is 0 Å². The lowest BCUT2D eigenvalue weighted by Gasteiger charge is -2.18. The van der Waals surface area contributed by atoms with Gasteiger partial charge in [-0.15, -0.1) is 0 Å². The quantitative estimate of drug-likeness (QED) is 0.580. The van der Waals surface area contributed by atoms with E-state index in [1.165, 1.54) is 0 Å². The maximum atomic E-state index is 6.10. The summed E-state index contributed by atoms with van der Waals surface area (Å²) in [7, 11) is 1.72. The van der Waals surface area contributed by atoms with E-state index in [1.807, 2.05) is 31.2 Å². The smallest absolute Gasteiger partial charge is 0.191 e. The fraction of sp³-hybridized carbons (Fsp3) is 0.444. The van der Waals surface area contributed by atoms with Gasteiger partial charge >= 0.3 is 0 Å². The Balaban J connectivity index is 1.78. The SMILES string of the molecule is CN=C(NCc1cc(C(C)C)no1)NCC(C)Oc1ccccc1Cl. The second-order valence-electron chi connectivity index (χ2n) is 6.04. The fourth-order valence-electron chi connectivity index (χ4n) is 2.11. The Hall–Kier alpha value is -2.21. The van der Waals surface area contributed by atoms with Crippen LogP contribution in [-0.2, 0) is 6.54 Å². The van der Waals surface area contributed by atoms with E-state index in [-0.39, 0.29) is 6.10 Å². The van der Waals surface area contributed by atoms with Crippen molar-refractivity contribution >= 4 is 17.6 Å². The summed E-state index contributed by atoms with van der Waals surface area (Å²) >= 11 is 6.10. The zero-order valence-corrected chi connectivity index (χ0v) is 15.8. The topological polar surface area (TPSA) is 71.7 Å². The third-order valence-corrected chi connectivity index (χ3v) is 3.86. The minimum absolute atomic E-state index is 0.0729. The van der Waals surface area contributed by atoms with Gasteiger partial charge in [-0.3, -0.25) is 4.99 Å². The van der Waals surface area contributed by atoms with Crippen LogP contribution in [0.5, 0.6) is 5.75 Å². The molecule has 1 unspecified atom stereocenters. The minimum Gasteiger partial charge on any atom is -0.487 e. The van der Waals surface area contributed by atoms with Crippen LogP contribution in [-0.4, -0.2) is 30.8 Å². The number of para-hydroxylation sites is 1. The molecule has 1 heterocycles. The van der Waals surface area contributed by atoms with Crippen LogP contribution < -0.4 is 15.4 Å². The van der Waals surface area contributed by atoms with Crippen LogP contribution in [0.15, 0.2) is 39.8 Å². The number of halogens is 1. The first-order valence-corrected chi connectivity index (χ1v) is 8.68. The van der Waals surface area contributed by atoms with Crippen molar-refractivity contribution < 1.29 is 9.26 Å². The summed E-state index contributed by atoms with van der Waals surface area (Å²) in [4.78, 5) is 4.19. The number of nitrogens with one attached hydrogen (secondary N) is 2. The zero-order valence-electron chi connectivity index (χ0n) is 15.0. The van der Waals surface area contributed by atoms with Gasteiger partial charge in [-0.1, -0.05) is 42.7 Å². The van der Waals surface area contributed by atoms with E-state index >= 15 is 0 Å². The Kier molecular flexibility index (Phi) is 7.13. The molecule has 1 atom stereocenters. The van der Waals surface area contributed by atoms with Crippen LogP contribution >= 0.6 is 11.6 Å². The average Bonchev–Trinajstić information content (AvgIpc) is 3.06. The average molecular weight is 365 g/mol. The number of hydrogen-bond donors (Lipinski definition) is 2. The van der Waals surface area contributed by atoms with Gasteiger partial charge in [-0.05, 0) is 25.0 Å². The Bertz CT molecular complexity index is 700. The summed E-state index contributed by atoms with van der Waals surface area (Å²) in [6.07, 6.45) is -0.0729. The third-order valence-electron chi connectivity index (χ3n) is 3.54. The molecule has 6 nitrogen and oxygen atoms in total. The Morgan fingerprint density at radius 3 is 2.68 bits per heavy atom. The standard InChI is InChI=1S/C18H25ClN4O2/c1-12(2)16-9-14(25-23-16)11-22-18(20-4)21-10-13(3)24-17-8-6-5-7-15(17)19/h5-9,12-13H,10-11H2,1-4H3,(H2,20,21,22). The van der Waals surface area contributed by atoms with E-state index in [0.717, 1.165) is 11.5 Å². The molecule has 0 bridgehead atoms. The molecule has 0 aliphatic rings. The minimum atomic E-state index is -0.0729. The normalized spacial score (nSPS) is 13.0. The van der Waals surface area contributed by atoms with Crippen molar-refractivity contribution in [1.29, 1.82) is 0 Å². The monoisotopic (exact) mass is 364 g/mol. The number of nitrogens with zero attached hydrogens (tertiary/aromatic N) is 2. The van der Waals surface area contributed by atoms with Gasteiger partial charge in [0, 0.05) is 13.1 Å². The molecule has 0 radical (unpaired) electrons. The molecule has 0 aliphatic carbocycles. The van der Waals surface area contributed by atoms with Gasteiger partial charge in [-0.2, -0.15) is 0 Å². The lowest BCUT2D eigenvalue weighted by Crippen LogP contribution is -2.41. The molecule has 7 heteroatoms. The molecular weight excluding hydrogens is 340 g/mol. The molecule has 2 rings (SSSR count). The lowest BCUT2D eigenvalue weighted by molar-refractivity contribution is 0.224. The summed E-state index contributed by atoms with van der Waals surface area (Å²) < 4.78 is 11.1. The van der Waals surface area contributed by atoms with E-state index in [9.17, 15) is 0 Å². The molecular formula is C18H25ClN4O2. The molecule has 136 valence electrons. The van der Waals surface area contributed by atoms with Gasteiger partial charge in [0.25, 0.3) is 0 Å². The van der Waals surface area contributed by atoms with Crippen LogP contribution in [0, 0.1) is 0 Å². The van der Waals surface area contributed by atoms with Crippen molar-refractivity contribution in [2.24, 2.45) is 4.99 Å². The third kappa shape index (κ3) is 5.98. The van der Waals surface area contributed by atoms with E-state index in [4.69, 9.17) is 20.9 Å². The molecule has 0 saturated carbocycles. The molecule has 2 N–H and O–H groups in total. The summed E-state index contributed by atoms with van der Waals surface area (Å²) in [6.45, 7) is 7.22. The van der Waals surface area contributed by atoms with Crippen LogP contribution in [0.1, 0.15) is 38.1 Å². The van der Waals surface area contributed by atoms with Gasteiger partial charge in [0.1, 0.15) is 11.9 Å². The van der Waals surface area contributed by atoms with Crippen LogP contribution in [0.3, 0.4) is 0 Å². The molecule has 1 aromatic carbocycles. The lowest BCUT2D eigenvalue weighted by atomic mass is 10.1. The molecule has 0 amide bonds. The first kappa shape index (κ1) is 19.1. The maximum Gasteiger partial charge on any atom is 0.191 e. The number of rotatable bonds is 7. The molecule has 0 saturated heterocycles. The van der Waals surface area contributed by atoms with Gasteiger partial charge < -0.3 is 19.9 Å². The summed E-state index contributed by atoms with van der Waals surface area (Å²) in [5.74, 6) is 2.45. The predicted octanol–water partition coefficient (Wildman–Crippen LogP) is 3.58. The van der Waals surface area contributed by atoms with E-state index < -0.39 is 0 Å². The van der Waals surface area contributed by atoms with Gasteiger partial charge in [0.2, 0.25) is 0 Å². The fourth-order valence-corrected chi connectivity index (χ4v) is 2.30. The van der Waals surface area contributed by atoms with E-state index in [0.29, 0.717) is 35.7 Å². The number of benzene rings is 1. The molecule has 0 spiro atoms. The number of ether oxygens (including phenoxy) is 1.